The molecule has 2 aromatic carbocycles. The summed E-state index contributed by atoms with van der Waals surface area (Å²) in [5.41, 5.74) is 8.31. The number of nitrogens with zero attached hydrogens (tertiary/aromatic N) is 1. The highest BCUT2D eigenvalue weighted by Crippen LogP contribution is 2.34. The maximum atomic E-state index is 4.45. The van der Waals surface area contributed by atoms with Crippen molar-refractivity contribution in [3.05, 3.63) is 76.9 Å². The van der Waals surface area contributed by atoms with E-state index in [4.69, 9.17) is 0 Å². The highest BCUT2D eigenvalue weighted by atomic mass is 15.0. The van der Waals surface area contributed by atoms with Crippen molar-refractivity contribution in [1.82, 2.24) is 4.90 Å². The standard InChI is InChI=1S/C21H25N/c1-16-20-12-5-4-8-17(20)13-14-19-10-6-9-18(21(16)19)11-7-15-22(2)3/h4-6,8-10,12H,1,7,11,13-15H2,2-3H3. The summed E-state index contributed by atoms with van der Waals surface area (Å²) < 4.78 is 0. The molecule has 2 aromatic rings. The molecular weight excluding hydrogens is 266 g/mol. The third-order valence-electron chi connectivity index (χ3n) is 4.60. The molecule has 0 bridgehead atoms. The summed E-state index contributed by atoms with van der Waals surface area (Å²) in [4.78, 5) is 2.26. The Morgan fingerprint density at radius 1 is 0.955 bits per heavy atom. The third-order valence-corrected chi connectivity index (χ3v) is 4.60. The fourth-order valence-corrected chi connectivity index (χ4v) is 3.48. The molecule has 0 radical (unpaired) electrons. The number of rotatable bonds is 4. The van der Waals surface area contributed by atoms with E-state index in [1.54, 1.807) is 0 Å². The smallest absolute Gasteiger partial charge is 0.00217 e. The Morgan fingerprint density at radius 3 is 2.50 bits per heavy atom. The summed E-state index contributed by atoms with van der Waals surface area (Å²) >= 11 is 0. The van der Waals surface area contributed by atoms with Gasteiger partial charge in [-0.05, 0) is 79.7 Å². The van der Waals surface area contributed by atoms with Gasteiger partial charge < -0.3 is 4.90 Å². The Morgan fingerprint density at radius 2 is 1.68 bits per heavy atom. The maximum absolute atomic E-state index is 4.45. The number of hydrogen-bond acceptors (Lipinski definition) is 1. The van der Waals surface area contributed by atoms with Gasteiger partial charge in [0.25, 0.3) is 0 Å². The van der Waals surface area contributed by atoms with Crippen molar-refractivity contribution < 1.29 is 0 Å². The first-order valence-electron chi connectivity index (χ1n) is 8.20. The molecule has 0 aliphatic heterocycles. The lowest BCUT2D eigenvalue weighted by Gasteiger charge is -2.16. The van der Waals surface area contributed by atoms with Gasteiger partial charge in [-0.2, -0.15) is 0 Å². The van der Waals surface area contributed by atoms with Crippen LogP contribution in [0.15, 0.2) is 49.0 Å². The summed E-state index contributed by atoms with van der Waals surface area (Å²) in [6.45, 7) is 5.58. The second-order valence-electron chi connectivity index (χ2n) is 6.49. The molecule has 1 aliphatic carbocycles. The van der Waals surface area contributed by atoms with Crippen molar-refractivity contribution >= 4 is 5.57 Å². The molecule has 0 N–H and O–H groups in total. The average Bonchev–Trinajstić information content (AvgIpc) is 2.66. The molecule has 1 aliphatic rings. The summed E-state index contributed by atoms with van der Waals surface area (Å²) in [6, 6.07) is 15.5. The second kappa shape index (κ2) is 6.50. The summed E-state index contributed by atoms with van der Waals surface area (Å²) in [5.74, 6) is 0. The quantitative estimate of drug-likeness (QED) is 0.810. The van der Waals surface area contributed by atoms with Crippen molar-refractivity contribution in [3.63, 3.8) is 0 Å². The Bertz CT molecular complexity index is 682. The van der Waals surface area contributed by atoms with Crippen LogP contribution in [0.25, 0.3) is 5.57 Å². The molecule has 0 spiro atoms. The number of fused-ring (bicyclic) bond motifs is 2. The van der Waals surface area contributed by atoms with Gasteiger partial charge in [0, 0.05) is 0 Å². The summed E-state index contributed by atoms with van der Waals surface area (Å²) in [5, 5.41) is 0. The first kappa shape index (κ1) is 15.1. The zero-order valence-electron chi connectivity index (χ0n) is 13.7. The normalized spacial score (nSPS) is 13.7. The van der Waals surface area contributed by atoms with Crippen LogP contribution in [0.4, 0.5) is 0 Å². The highest BCUT2D eigenvalue weighted by Gasteiger charge is 2.18. The van der Waals surface area contributed by atoms with Crippen LogP contribution in [0.3, 0.4) is 0 Å². The van der Waals surface area contributed by atoms with Crippen molar-refractivity contribution in [1.29, 1.82) is 0 Å². The lowest BCUT2D eigenvalue weighted by atomic mass is 9.89. The van der Waals surface area contributed by atoms with E-state index in [0.29, 0.717) is 0 Å². The monoisotopic (exact) mass is 291 g/mol. The topological polar surface area (TPSA) is 3.24 Å². The van der Waals surface area contributed by atoms with Crippen LogP contribution in [0, 0.1) is 0 Å². The molecule has 0 fully saturated rings. The molecule has 0 unspecified atom stereocenters. The van der Waals surface area contributed by atoms with E-state index in [-0.39, 0.29) is 0 Å². The van der Waals surface area contributed by atoms with Crippen LogP contribution in [0.2, 0.25) is 0 Å². The molecule has 0 amide bonds. The molecular formula is C21H25N. The van der Waals surface area contributed by atoms with E-state index in [1.165, 1.54) is 39.8 Å². The summed E-state index contributed by atoms with van der Waals surface area (Å²) in [7, 11) is 4.28. The van der Waals surface area contributed by atoms with Crippen LogP contribution in [0.1, 0.15) is 34.2 Å². The average molecular weight is 291 g/mol. The van der Waals surface area contributed by atoms with Gasteiger partial charge in [0.05, 0.1) is 0 Å². The minimum absolute atomic E-state index is 1.11. The molecule has 0 aromatic heterocycles. The molecule has 0 saturated heterocycles. The lowest BCUT2D eigenvalue weighted by molar-refractivity contribution is 0.400. The van der Waals surface area contributed by atoms with E-state index in [0.717, 1.165) is 25.8 Å². The zero-order chi connectivity index (χ0) is 15.5. The van der Waals surface area contributed by atoms with Crippen molar-refractivity contribution in [3.8, 4) is 0 Å². The number of benzene rings is 2. The van der Waals surface area contributed by atoms with Gasteiger partial charge in [0.2, 0.25) is 0 Å². The van der Waals surface area contributed by atoms with Gasteiger partial charge in [-0.3, -0.25) is 0 Å². The predicted octanol–water partition coefficient (Wildman–Crippen LogP) is 4.34. The third kappa shape index (κ3) is 3.00. The van der Waals surface area contributed by atoms with Crippen LogP contribution in [-0.4, -0.2) is 25.5 Å². The minimum Gasteiger partial charge on any atom is -0.309 e. The molecule has 0 heterocycles. The van der Waals surface area contributed by atoms with E-state index >= 15 is 0 Å². The fraction of sp³-hybridized carbons (Fsp3) is 0.333. The minimum atomic E-state index is 1.11. The molecule has 0 atom stereocenters. The molecule has 1 heteroatoms. The zero-order valence-corrected chi connectivity index (χ0v) is 13.7. The lowest BCUT2D eigenvalue weighted by Crippen LogP contribution is -2.14. The van der Waals surface area contributed by atoms with Gasteiger partial charge >= 0.3 is 0 Å². The van der Waals surface area contributed by atoms with Gasteiger partial charge in [-0.25, -0.2) is 0 Å². The van der Waals surface area contributed by atoms with Crippen LogP contribution >= 0.6 is 0 Å². The van der Waals surface area contributed by atoms with E-state index in [9.17, 15) is 0 Å². The Labute approximate surface area is 134 Å². The van der Waals surface area contributed by atoms with E-state index in [2.05, 4.69) is 68.0 Å². The molecule has 1 nitrogen and oxygen atoms in total. The van der Waals surface area contributed by atoms with Crippen molar-refractivity contribution in [2.24, 2.45) is 0 Å². The molecule has 3 rings (SSSR count). The first-order valence-corrected chi connectivity index (χ1v) is 8.20. The SMILES string of the molecule is C=C1c2ccccc2CCc2cccc(CCCN(C)C)c21. The van der Waals surface area contributed by atoms with Crippen molar-refractivity contribution in [2.45, 2.75) is 25.7 Å². The number of aryl methyl sites for hydroxylation is 3. The molecule has 22 heavy (non-hydrogen) atoms. The Kier molecular flexibility index (Phi) is 4.44. The second-order valence-corrected chi connectivity index (χ2v) is 6.49. The van der Waals surface area contributed by atoms with Gasteiger partial charge in [0.1, 0.15) is 0 Å². The van der Waals surface area contributed by atoms with E-state index in [1.807, 2.05) is 0 Å². The predicted molar refractivity (Wildman–Crippen MR) is 95.3 cm³/mol. The van der Waals surface area contributed by atoms with Crippen LogP contribution in [0.5, 0.6) is 0 Å². The van der Waals surface area contributed by atoms with Crippen molar-refractivity contribution in [2.75, 3.05) is 20.6 Å². The first-order chi connectivity index (χ1) is 10.7. The Hall–Kier alpha value is -1.86. The van der Waals surface area contributed by atoms with Crippen LogP contribution < -0.4 is 0 Å². The Balaban J connectivity index is 1.96. The van der Waals surface area contributed by atoms with Gasteiger partial charge in [0.15, 0.2) is 0 Å². The molecule has 114 valence electrons. The maximum Gasteiger partial charge on any atom is -0.00217 e. The number of hydrogen-bond donors (Lipinski definition) is 0. The van der Waals surface area contributed by atoms with Gasteiger partial charge in [-0.1, -0.05) is 49.0 Å². The molecule has 0 saturated carbocycles. The van der Waals surface area contributed by atoms with Gasteiger partial charge in [-0.15, -0.1) is 0 Å². The van der Waals surface area contributed by atoms with Crippen LogP contribution in [-0.2, 0) is 19.3 Å². The summed E-state index contributed by atoms with van der Waals surface area (Å²) in [6.07, 6.45) is 4.55. The fourth-order valence-electron chi connectivity index (χ4n) is 3.48. The largest absolute Gasteiger partial charge is 0.309 e. The van der Waals surface area contributed by atoms with E-state index < -0.39 is 0 Å². The highest BCUT2D eigenvalue weighted by molar-refractivity contribution is 5.84.